The van der Waals surface area contributed by atoms with Gasteiger partial charge in [-0.05, 0) is 12.5 Å². The topological polar surface area (TPSA) is 66.4 Å². The highest BCUT2D eigenvalue weighted by molar-refractivity contribution is 5.92. The summed E-state index contributed by atoms with van der Waals surface area (Å²) in [6.45, 7) is 0. The van der Waals surface area contributed by atoms with Gasteiger partial charge in [0.1, 0.15) is 6.04 Å². The average molecular weight is 141 g/mol. The van der Waals surface area contributed by atoms with E-state index in [2.05, 4.69) is 5.32 Å². The minimum absolute atomic E-state index is 0.335. The maximum absolute atomic E-state index is 10.5. The molecule has 0 aromatic heterocycles. The number of carboxylic acid groups (broad SMARTS) is 1. The van der Waals surface area contributed by atoms with E-state index in [1.807, 2.05) is 0 Å². The Bertz CT molecular complexity index is 197. The van der Waals surface area contributed by atoms with Crippen LogP contribution < -0.4 is 5.32 Å². The monoisotopic (exact) mass is 141 g/mol. The number of rotatable bonds is 1. The van der Waals surface area contributed by atoms with Crippen molar-refractivity contribution in [1.82, 2.24) is 5.32 Å². The molecule has 0 spiro atoms. The maximum Gasteiger partial charge on any atom is 0.326 e. The van der Waals surface area contributed by atoms with Gasteiger partial charge in [0.25, 0.3) is 0 Å². The third-order valence-electron chi connectivity index (χ3n) is 1.26. The van der Waals surface area contributed by atoms with E-state index >= 15 is 0 Å². The Hall–Kier alpha value is -1.32. The van der Waals surface area contributed by atoms with Gasteiger partial charge < -0.3 is 10.4 Å². The van der Waals surface area contributed by atoms with Crippen molar-refractivity contribution in [3.05, 3.63) is 12.2 Å². The molecular formula is C6H7NO3. The Labute approximate surface area is 57.5 Å². The van der Waals surface area contributed by atoms with Crippen LogP contribution in [-0.2, 0) is 9.59 Å². The molecule has 0 saturated heterocycles. The van der Waals surface area contributed by atoms with Crippen molar-refractivity contribution in [3.63, 3.8) is 0 Å². The molecule has 1 aliphatic heterocycles. The number of carboxylic acids is 1. The second kappa shape index (κ2) is 2.51. The predicted molar refractivity (Wildman–Crippen MR) is 33.3 cm³/mol. The summed E-state index contributed by atoms with van der Waals surface area (Å²) < 4.78 is 0. The highest BCUT2D eigenvalue weighted by Crippen LogP contribution is 1.99. The molecule has 4 heteroatoms. The van der Waals surface area contributed by atoms with Gasteiger partial charge in [-0.25, -0.2) is 4.79 Å². The number of carbonyl (C=O) groups excluding carboxylic acids is 1. The number of aliphatic carboxylic acids is 1. The second-order valence-corrected chi connectivity index (χ2v) is 2.04. The second-order valence-electron chi connectivity index (χ2n) is 2.04. The maximum atomic E-state index is 10.5. The zero-order valence-electron chi connectivity index (χ0n) is 5.20. The molecule has 54 valence electrons. The fourth-order valence-corrected chi connectivity index (χ4v) is 0.752. The van der Waals surface area contributed by atoms with Crippen LogP contribution in [0.5, 0.6) is 0 Å². The summed E-state index contributed by atoms with van der Waals surface area (Å²) in [5, 5.41) is 10.7. The third-order valence-corrected chi connectivity index (χ3v) is 1.26. The summed E-state index contributed by atoms with van der Waals surface area (Å²) in [4.78, 5) is 20.8. The zero-order chi connectivity index (χ0) is 7.56. The first kappa shape index (κ1) is 6.80. The largest absolute Gasteiger partial charge is 0.480 e. The van der Waals surface area contributed by atoms with E-state index in [4.69, 9.17) is 5.11 Å². The molecule has 1 amide bonds. The van der Waals surface area contributed by atoms with Gasteiger partial charge in [-0.2, -0.15) is 0 Å². The van der Waals surface area contributed by atoms with Crippen LogP contribution in [0.3, 0.4) is 0 Å². The van der Waals surface area contributed by atoms with Crippen molar-refractivity contribution in [1.29, 1.82) is 0 Å². The molecule has 1 heterocycles. The van der Waals surface area contributed by atoms with Gasteiger partial charge in [0.15, 0.2) is 0 Å². The van der Waals surface area contributed by atoms with Gasteiger partial charge in [-0.3, -0.25) is 4.79 Å². The lowest BCUT2D eigenvalue weighted by molar-refractivity contribution is -0.141. The Balaban J connectivity index is 2.60. The molecule has 0 aromatic rings. The molecule has 0 saturated carbocycles. The number of carbonyl (C=O) groups is 2. The average Bonchev–Trinajstić information content (AvgIpc) is 1.88. The molecule has 0 aromatic carbocycles. The Morgan fingerprint density at radius 3 is 2.90 bits per heavy atom. The Morgan fingerprint density at radius 2 is 2.50 bits per heavy atom. The van der Waals surface area contributed by atoms with Crippen LogP contribution in [0.4, 0.5) is 0 Å². The molecule has 0 bridgehead atoms. The number of hydrogen-bond acceptors (Lipinski definition) is 2. The third kappa shape index (κ3) is 1.34. The van der Waals surface area contributed by atoms with Crippen LogP contribution >= 0.6 is 0 Å². The Morgan fingerprint density at radius 1 is 1.80 bits per heavy atom. The van der Waals surface area contributed by atoms with E-state index in [1.165, 1.54) is 6.08 Å². The highest BCUT2D eigenvalue weighted by Gasteiger charge is 2.19. The predicted octanol–water partition coefficient (Wildman–Crippen LogP) is -0.484. The molecule has 10 heavy (non-hydrogen) atoms. The minimum atomic E-state index is -0.988. The summed E-state index contributed by atoms with van der Waals surface area (Å²) >= 11 is 0. The lowest BCUT2D eigenvalue weighted by atomic mass is 10.1. The van der Waals surface area contributed by atoms with Crippen LogP contribution in [0.15, 0.2) is 12.2 Å². The molecular weight excluding hydrogens is 134 g/mol. The fourth-order valence-electron chi connectivity index (χ4n) is 0.752. The smallest absolute Gasteiger partial charge is 0.326 e. The highest BCUT2D eigenvalue weighted by atomic mass is 16.4. The van der Waals surface area contributed by atoms with Crippen molar-refractivity contribution < 1.29 is 14.7 Å². The van der Waals surface area contributed by atoms with Crippen molar-refractivity contribution in [2.24, 2.45) is 0 Å². The van der Waals surface area contributed by atoms with Crippen molar-refractivity contribution >= 4 is 11.9 Å². The van der Waals surface area contributed by atoms with E-state index in [-0.39, 0.29) is 5.91 Å². The normalized spacial score (nSPS) is 24.0. The first-order valence-corrected chi connectivity index (χ1v) is 2.90. The quantitative estimate of drug-likeness (QED) is 0.518. The van der Waals surface area contributed by atoms with Crippen molar-refractivity contribution in [2.45, 2.75) is 12.5 Å². The molecule has 4 nitrogen and oxygen atoms in total. The van der Waals surface area contributed by atoms with Crippen LogP contribution in [0.2, 0.25) is 0 Å². The summed E-state index contributed by atoms with van der Waals surface area (Å²) in [6.07, 6.45) is 3.26. The molecule has 1 aliphatic rings. The van der Waals surface area contributed by atoms with Gasteiger partial charge >= 0.3 is 5.97 Å². The van der Waals surface area contributed by atoms with Gasteiger partial charge in [-0.1, -0.05) is 6.08 Å². The summed E-state index contributed by atoms with van der Waals surface area (Å²) in [5.74, 6) is -1.32. The van der Waals surface area contributed by atoms with E-state index in [1.54, 1.807) is 6.08 Å². The number of nitrogens with one attached hydrogen (secondary N) is 1. The molecule has 1 rings (SSSR count). The van der Waals surface area contributed by atoms with Crippen molar-refractivity contribution in [2.75, 3.05) is 0 Å². The minimum Gasteiger partial charge on any atom is -0.480 e. The lowest BCUT2D eigenvalue weighted by Crippen LogP contribution is -2.41. The van der Waals surface area contributed by atoms with E-state index < -0.39 is 12.0 Å². The first-order chi connectivity index (χ1) is 4.70. The molecule has 0 aliphatic carbocycles. The van der Waals surface area contributed by atoms with Crippen LogP contribution in [0.25, 0.3) is 0 Å². The summed E-state index contributed by atoms with van der Waals surface area (Å²) in [6, 6.07) is -0.738. The Kier molecular flexibility index (Phi) is 1.71. The standard InChI is InChI=1S/C6H7NO3/c8-5-3-1-2-4(7-5)6(9)10/h1,3-4H,2H2,(H,7,8)(H,9,10). The van der Waals surface area contributed by atoms with E-state index in [0.717, 1.165) is 0 Å². The fraction of sp³-hybridized carbons (Fsp3) is 0.333. The first-order valence-electron chi connectivity index (χ1n) is 2.90. The van der Waals surface area contributed by atoms with Crippen LogP contribution in [-0.4, -0.2) is 23.0 Å². The van der Waals surface area contributed by atoms with Crippen molar-refractivity contribution in [3.8, 4) is 0 Å². The zero-order valence-corrected chi connectivity index (χ0v) is 5.20. The number of hydrogen-bond donors (Lipinski definition) is 2. The molecule has 2 N–H and O–H groups in total. The van der Waals surface area contributed by atoms with E-state index in [0.29, 0.717) is 6.42 Å². The summed E-state index contributed by atoms with van der Waals surface area (Å²) in [5.41, 5.74) is 0. The van der Waals surface area contributed by atoms with Gasteiger partial charge in [0.05, 0.1) is 0 Å². The molecule has 0 radical (unpaired) electrons. The van der Waals surface area contributed by atoms with Crippen LogP contribution in [0, 0.1) is 0 Å². The van der Waals surface area contributed by atoms with Crippen LogP contribution in [0.1, 0.15) is 6.42 Å². The number of amides is 1. The molecule has 0 fully saturated rings. The van der Waals surface area contributed by atoms with Gasteiger partial charge in [0.2, 0.25) is 5.91 Å². The molecule has 1 unspecified atom stereocenters. The van der Waals surface area contributed by atoms with Gasteiger partial charge in [-0.15, -0.1) is 0 Å². The van der Waals surface area contributed by atoms with E-state index in [9.17, 15) is 9.59 Å². The van der Waals surface area contributed by atoms with Gasteiger partial charge in [0, 0.05) is 0 Å². The lowest BCUT2D eigenvalue weighted by Gasteiger charge is -2.13. The molecule has 1 atom stereocenters. The SMILES string of the molecule is O=C1C=CCC(C(=O)O)N1. The summed E-state index contributed by atoms with van der Waals surface area (Å²) in [7, 11) is 0.